The van der Waals surface area contributed by atoms with Crippen LogP contribution >= 0.6 is 22.7 Å². The molecule has 252 valence electrons. The van der Waals surface area contributed by atoms with E-state index in [0.29, 0.717) is 5.95 Å². The smallest absolute Gasteiger partial charge is 0.235 e. The number of rotatable bonds is 4. The molecule has 0 spiro atoms. The highest BCUT2D eigenvalue weighted by atomic mass is 32.1. The summed E-state index contributed by atoms with van der Waals surface area (Å²) in [7, 11) is 0. The van der Waals surface area contributed by atoms with Crippen LogP contribution in [0.4, 0.5) is 0 Å². The van der Waals surface area contributed by atoms with Crippen molar-refractivity contribution in [2.75, 3.05) is 0 Å². The number of fused-ring (bicyclic) bond motifs is 11. The summed E-state index contributed by atoms with van der Waals surface area (Å²) in [6.45, 7) is 0. The Morgan fingerprint density at radius 2 is 1.15 bits per heavy atom. The molecule has 0 atom stereocenters. The van der Waals surface area contributed by atoms with E-state index in [1.54, 1.807) is 11.3 Å². The summed E-state index contributed by atoms with van der Waals surface area (Å²) in [5, 5.41) is 7.34. The first-order valence-corrected chi connectivity index (χ1v) is 19.7. The summed E-state index contributed by atoms with van der Waals surface area (Å²) in [6, 6.07) is 58.8. The first kappa shape index (κ1) is 29.9. The molecule has 0 aliphatic rings. The lowest BCUT2D eigenvalue weighted by atomic mass is 10.0. The van der Waals surface area contributed by atoms with Crippen molar-refractivity contribution in [2.24, 2.45) is 0 Å². The van der Waals surface area contributed by atoms with Gasteiger partial charge in [0.25, 0.3) is 0 Å². The van der Waals surface area contributed by atoms with Gasteiger partial charge in [0.2, 0.25) is 5.95 Å². The molecule has 0 bridgehead atoms. The van der Waals surface area contributed by atoms with Crippen molar-refractivity contribution in [3.63, 3.8) is 0 Å². The Kier molecular flexibility index (Phi) is 6.34. The lowest BCUT2D eigenvalue weighted by molar-refractivity contribution is 1.02. The molecule has 12 aromatic rings. The number of hydrogen-bond acceptors (Lipinski definition) is 4. The molecular weight excluding hydrogens is 697 g/mol. The van der Waals surface area contributed by atoms with Crippen molar-refractivity contribution < 1.29 is 0 Å². The fourth-order valence-corrected chi connectivity index (χ4v) is 10.6. The first-order valence-electron chi connectivity index (χ1n) is 18.1. The Bertz CT molecular complexity index is 3440. The molecule has 0 aliphatic carbocycles. The summed E-state index contributed by atoms with van der Waals surface area (Å²) >= 11 is 3.64. The molecule has 5 heterocycles. The maximum absolute atomic E-state index is 5.54. The number of thiophene rings is 2. The zero-order chi connectivity index (χ0) is 35.3. The lowest BCUT2D eigenvalue weighted by Crippen LogP contribution is -2.02. The van der Waals surface area contributed by atoms with Gasteiger partial charge in [-0.2, -0.15) is 0 Å². The van der Waals surface area contributed by atoms with Crippen LogP contribution in [0, 0.1) is 0 Å². The third-order valence-electron chi connectivity index (χ3n) is 10.8. The van der Waals surface area contributed by atoms with Crippen molar-refractivity contribution in [3.8, 4) is 34.0 Å². The normalized spacial score (nSPS) is 12.1. The maximum Gasteiger partial charge on any atom is 0.235 e. The van der Waals surface area contributed by atoms with E-state index in [2.05, 4.69) is 179 Å². The SMILES string of the molecule is c1ccc(-c2nc(-n3c4ccccc4c4cc(-c5ccc6ccn(-c7ccccc7)c6c5)ccc43)nc3c2sc2ccc4sc5ccccc5c4c23)cc1. The molecular formula is C48H28N4S2. The Morgan fingerprint density at radius 1 is 0.444 bits per heavy atom. The number of aromatic nitrogens is 4. The number of para-hydroxylation sites is 2. The van der Waals surface area contributed by atoms with Crippen LogP contribution < -0.4 is 0 Å². The van der Waals surface area contributed by atoms with Crippen LogP contribution in [0.25, 0.3) is 107 Å². The molecule has 54 heavy (non-hydrogen) atoms. The van der Waals surface area contributed by atoms with E-state index < -0.39 is 0 Å². The zero-order valence-electron chi connectivity index (χ0n) is 28.8. The topological polar surface area (TPSA) is 35.6 Å². The van der Waals surface area contributed by atoms with Crippen LogP contribution in [0.3, 0.4) is 0 Å². The molecule has 0 saturated carbocycles. The van der Waals surface area contributed by atoms with Crippen molar-refractivity contribution in [1.82, 2.24) is 19.1 Å². The monoisotopic (exact) mass is 724 g/mol. The fraction of sp³-hybridized carbons (Fsp3) is 0. The second-order valence-corrected chi connectivity index (χ2v) is 15.9. The molecule has 0 unspecified atom stereocenters. The molecule has 0 N–H and O–H groups in total. The molecule has 0 aliphatic heterocycles. The number of hydrogen-bond donors (Lipinski definition) is 0. The molecule has 4 nitrogen and oxygen atoms in total. The molecule has 5 aromatic heterocycles. The van der Waals surface area contributed by atoms with Gasteiger partial charge in [0.05, 0.1) is 32.5 Å². The Labute approximate surface area is 317 Å². The molecule has 6 heteroatoms. The zero-order valence-corrected chi connectivity index (χ0v) is 30.4. The van der Waals surface area contributed by atoms with Gasteiger partial charge in [-0.25, -0.2) is 9.97 Å². The Morgan fingerprint density at radius 3 is 2.02 bits per heavy atom. The van der Waals surface area contributed by atoms with Crippen molar-refractivity contribution >= 4 is 95.9 Å². The minimum atomic E-state index is 0.679. The van der Waals surface area contributed by atoms with Crippen LogP contribution in [0.1, 0.15) is 0 Å². The number of benzene rings is 7. The first-order chi connectivity index (χ1) is 26.8. The van der Waals surface area contributed by atoms with Gasteiger partial charge in [0, 0.05) is 58.5 Å². The molecule has 0 fully saturated rings. The minimum absolute atomic E-state index is 0.679. The summed E-state index contributed by atoms with van der Waals surface area (Å²) < 4.78 is 9.45. The quantitative estimate of drug-likeness (QED) is 0.181. The molecule has 0 radical (unpaired) electrons. The second kappa shape index (κ2) is 11.4. The average Bonchev–Trinajstić information content (AvgIpc) is 4.01. The second-order valence-electron chi connectivity index (χ2n) is 13.8. The van der Waals surface area contributed by atoms with E-state index in [4.69, 9.17) is 9.97 Å². The van der Waals surface area contributed by atoms with E-state index in [-0.39, 0.29) is 0 Å². The van der Waals surface area contributed by atoms with Gasteiger partial charge in [-0.1, -0.05) is 103 Å². The van der Waals surface area contributed by atoms with Crippen LogP contribution in [0.5, 0.6) is 0 Å². The predicted molar refractivity (Wildman–Crippen MR) is 230 cm³/mol. The van der Waals surface area contributed by atoms with E-state index in [1.807, 2.05) is 11.3 Å². The van der Waals surface area contributed by atoms with Crippen LogP contribution in [-0.2, 0) is 0 Å². The van der Waals surface area contributed by atoms with E-state index in [9.17, 15) is 0 Å². The third-order valence-corrected chi connectivity index (χ3v) is 13.1. The fourth-order valence-electron chi connectivity index (χ4n) is 8.31. The third kappa shape index (κ3) is 4.35. The van der Waals surface area contributed by atoms with Gasteiger partial charge >= 0.3 is 0 Å². The van der Waals surface area contributed by atoms with Crippen molar-refractivity contribution in [2.45, 2.75) is 0 Å². The predicted octanol–water partition coefficient (Wildman–Crippen LogP) is 13.6. The minimum Gasteiger partial charge on any atom is -0.317 e. The van der Waals surface area contributed by atoms with Crippen LogP contribution in [0.2, 0.25) is 0 Å². The van der Waals surface area contributed by atoms with Crippen molar-refractivity contribution in [1.29, 1.82) is 0 Å². The molecule has 0 saturated heterocycles. The lowest BCUT2D eigenvalue weighted by Gasteiger charge is -2.11. The van der Waals surface area contributed by atoms with Gasteiger partial charge < -0.3 is 4.57 Å². The summed E-state index contributed by atoms with van der Waals surface area (Å²) in [4.78, 5) is 11.0. The number of nitrogens with zero attached hydrogens (tertiary/aromatic N) is 4. The van der Waals surface area contributed by atoms with Gasteiger partial charge in [0.15, 0.2) is 0 Å². The molecule has 0 amide bonds. The molecule has 12 rings (SSSR count). The highest BCUT2D eigenvalue weighted by molar-refractivity contribution is 7.28. The maximum atomic E-state index is 5.54. The largest absolute Gasteiger partial charge is 0.317 e. The Hall–Kier alpha value is -6.60. The standard InChI is InChI=1S/C48H28N4S2/c1-3-11-30(12-4-1)45-47-46(44-42(54-47)24-23-41-43(44)35-16-8-10-18-40(35)53-41)50-48(49-45)52-37-17-9-7-15-34(37)36-27-31(21-22-38(36)52)32-20-19-29-25-26-51(39(29)28-32)33-13-5-2-6-14-33/h1-28H. The van der Waals surface area contributed by atoms with Gasteiger partial charge in [-0.3, -0.25) is 4.57 Å². The van der Waals surface area contributed by atoms with Crippen LogP contribution in [0.15, 0.2) is 170 Å². The molecule has 7 aromatic carbocycles. The van der Waals surface area contributed by atoms with Crippen molar-refractivity contribution in [3.05, 3.63) is 170 Å². The summed E-state index contributed by atoms with van der Waals surface area (Å²) in [6.07, 6.45) is 2.16. The average molecular weight is 725 g/mol. The summed E-state index contributed by atoms with van der Waals surface area (Å²) in [5.41, 5.74) is 9.91. The van der Waals surface area contributed by atoms with E-state index in [1.165, 1.54) is 63.1 Å². The highest BCUT2D eigenvalue weighted by Gasteiger charge is 2.22. The van der Waals surface area contributed by atoms with Gasteiger partial charge in [-0.15, -0.1) is 22.7 Å². The van der Waals surface area contributed by atoms with Gasteiger partial charge in [-0.05, 0) is 77.2 Å². The van der Waals surface area contributed by atoms with E-state index >= 15 is 0 Å². The summed E-state index contributed by atoms with van der Waals surface area (Å²) in [5.74, 6) is 0.679. The highest BCUT2D eigenvalue weighted by Crippen LogP contribution is 2.46. The van der Waals surface area contributed by atoms with Gasteiger partial charge in [0.1, 0.15) is 0 Å². The van der Waals surface area contributed by atoms with E-state index in [0.717, 1.165) is 38.2 Å². The Balaban J connectivity index is 1.12. The van der Waals surface area contributed by atoms with Crippen LogP contribution in [-0.4, -0.2) is 19.1 Å².